The summed E-state index contributed by atoms with van der Waals surface area (Å²) in [6.45, 7) is 0.924. The molecule has 0 bridgehead atoms. The van der Waals surface area contributed by atoms with Gasteiger partial charge in [0, 0.05) is 18.9 Å². The van der Waals surface area contributed by atoms with Crippen LogP contribution in [-0.2, 0) is 11.3 Å². The molecule has 0 N–H and O–H groups in total. The van der Waals surface area contributed by atoms with Gasteiger partial charge in [-0.15, -0.1) is 0 Å². The van der Waals surface area contributed by atoms with Crippen molar-refractivity contribution in [3.63, 3.8) is 0 Å². The van der Waals surface area contributed by atoms with Gasteiger partial charge in [-0.05, 0) is 24.8 Å². The predicted molar refractivity (Wildman–Crippen MR) is 76.9 cm³/mol. The summed E-state index contributed by atoms with van der Waals surface area (Å²) in [5, 5.41) is 0. The minimum atomic E-state index is -2.50. The van der Waals surface area contributed by atoms with E-state index in [1.54, 1.807) is 0 Å². The first-order chi connectivity index (χ1) is 9.68. The third-order valence-electron chi connectivity index (χ3n) is 4.11. The van der Waals surface area contributed by atoms with Crippen LogP contribution in [0.3, 0.4) is 0 Å². The van der Waals surface area contributed by atoms with Crippen LogP contribution in [0.15, 0.2) is 30.3 Å². The van der Waals surface area contributed by atoms with Crippen molar-refractivity contribution >= 4 is 0 Å². The fourth-order valence-corrected chi connectivity index (χ4v) is 2.90. The molecule has 1 aromatic rings. The molecule has 0 aliphatic heterocycles. The third kappa shape index (κ3) is 4.86. The van der Waals surface area contributed by atoms with E-state index in [9.17, 15) is 8.78 Å². The van der Waals surface area contributed by atoms with Crippen LogP contribution >= 0.6 is 0 Å². The van der Waals surface area contributed by atoms with E-state index in [0.717, 1.165) is 24.8 Å². The third-order valence-corrected chi connectivity index (χ3v) is 4.11. The first kappa shape index (κ1) is 15.4. The van der Waals surface area contributed by atoms with E-state index in [-0.39, 0.29) is 6.42 Å². The van der Waals surface area contributed by atoms with Crippen molar-refractivity contribution in [3.8, 4) is 0 Å². The van der Waals surface area contributed by atoms with Gasteiger partial charge in [0.15, 0.2) is 0 Å². The summed E-state index contributed by atoms with van der Waals surface area (Å²) < 4.78 is 33.5. The molecule has 0 radical (unpaired) electrons. The molecule has 1 nitrogen and oxygen atoms in total. The lowest BCUT2D eigenvalue weighted by Crippen LogP contribution is -2.30. The Balaban J connectivity index is 1.62. The molecule has 3 heteroatoms. The van der Waals surface area contributed by atoms with Crippen LogP contribution in [0.4, 0.5) is 8.78 Å². The summed E-state index contributed by atoms with van der Waals surface area (Å²) in [4.78, 5) is 0. The molecule has 1 aliphatic carbocycles. The zero-order chi connectivity index (χ0) is 14.3. The second kappa shape index (κ2) is 7.72. The Hall–Kier alpha value is -0.960. The van der Waals surface area contributed by atoms with Gasteiger partial charge in [0.05, 0.1) is 6.61 Å². The molecule has 1 saturated carbocycles. The molecular weight excluding hydrogens is 258 g/mol. The fraction of sp³-hybridized carbons (Fsp3) is 0.647. The number of ether oxygens (including phenoxy) is 1. The lowest BCUT2D eigenvalue weighted by molar-refractivity contribution is -0.0825. The minimum Gasteiger partial charge on any atom is -0.377 e. The molecule has 20 heavy (non-hydrogen) atoms. The van der Waals surface area contributed by atoms with Gasteiger partial charge in [0.25, 0.3) is 5.92 Å². The van der Waals surface area contributed by atoms with Crippen molar-refractivity contribution in [3.05, 3.63) is 35.9 Å². The van der Waals surface area contributed by atoms with Crippen LogP contribution in [-0.4, -0.2) is 12.5 Å². The van der Waals surface area contributed by atoms with Crippen molar-refractivity contribution in [2.24, 2.45) is 5.92 Å². The quantitative estimate of drug-likeness (QED) is 0.625. The Morgan fingerprint density at radius 2 is 1.75 bits per heavy atom. The number of halogens is 2. The number of alkyl halides is 2. The van der Waals surface area contributed by atoms with Crippen LogP contribution in [0.1, 0.15) is 50.5 Å². The molecule has 1 fully saturated rings. The SMILES string of the molecule is FC(F)(CCCOCc1ccccc1)C1CCCCC1. The molecule has 0 unspecified atom stereocenters. The van der Waals surface area contributed by atoms with Crippen LogP contribution < -0.4 is 0 Å². The summed E-state index contributed by atoms with van der Waals surface area (Å²) in [6.07, 6.45) is 4.83. The molecule has 0 atom stereocenters. The second-order valence-corrected chi connectivity index (χ2v) is 5.74. The van der Waals surface area contributed by atoms with E-state index in [1.165, 1.54) is 0 Å². The molecule has 0 aromatic heterocycles. The van der Waals surface area contributed by atoms with Gasteiger partial charge in [0.2, 0.25) is 0 Å². The summed E-state index contributed by atoms with van der Waals surface area (Å²) in [5.41, 5.74) is 1.09. The van der Waals surface area contributed by atoms with Gasteiger partial charge in [-0.1, -0.05) is 49.6 Å². The molecular formula is C17H24F2O. The molecule has 1 aromatic carbocycles. The Morgan fingerprint density at radius 1 is 1.05 bits per heavy atom. The van der Waals surface area contributed by atoms with Crippen molar-refractivity contribution in [1.29, 1.82) is 0 Å². The Kier molecular flexibility index (Phi) is 5.96. The van der Waals surface area contributed by atoms with Crippen LogP contribution in [0, 0.1) is 5.92 Å². The molecule has 0 heterocycles. The number of hydrogen-bond donors (Lipinski definition) is 0. The van der Waals surface area contributed by atoms with Gasteiger partial charge < -0.3 is 4.74 Å². The molecule has 2 rings (SSSR count). The van der Waals surface area contributed by atoms with E-state index in [2.05, 4.69) is 0 Å². The highest BCUT2D eigenvalue weighted by molar-refractivity contribution is 5.13. The zero-order valence-corrected chi connectivity index (χ0v) is 12.0. The number of hydrogen-bond acceptors (Lipinski definition) is 1. The number of benzene rings is 1. The van der Waals surface area contributed by atoms with Gasteiger partial charge in [0.1, 0.15) is 0 Å². The van der Waals surface area contributed by atoms with E-state index < -0.39 is 11.8 Å². The van der Waals surface area contributed by atoms with E-state index in [0.29, 0.717) is 32.5 Å². The molecule has 0 saturated heterocycles. The first-order valence-corrected chi connectivity index (χ1v) is 7.68. The van der Waals surface area contributed by atoms with Crippen molar-refractivity contribution in [2.75, 3.05) is 6.61 Å². The van der Waals surface area contributed by atoms with Gasteiger partial charge in [-0.2, -0.15) is 0 Å². The lowest BCUT2D eigenvalue weighted by Gasteiger charge is -2.30. The van der Waals surface area contributed by atoms with E-state index >= 15 is 0 Å². The summed E-state index contributed by atoms with van der Waals surface area (Å²) in [7, 11) is 0. The molecule has 0 amide bonds. The standard InChI is InChI=1S/C17H24F2O/c18-17(19,16-10-5-2-6-11-16)12-7-13-20-14-15-8-3-1-4-9-15/h1,3-4,8-9,16H,2,5-7,10-14H2. The van der Waals surface area contributed by atoms with Gasteiger partial charge >= 0.3 is 0 Å². The van der Waals surface area contributed by atoms with Crippen molar-refractivity contribution < 1.29 is 13.5 Å². The smallest absolute Gasteiger partial charge is 0.251 e. The van der Waals surface area contributed by atoms with Crippen molar-refractivity contribution in [2.45, 2.75) is 57.5 Å². The average Bonchev–Trinajstić information content (AvgIpc) is 2.49. The monoisotopic (exact) mass is 282 g/mol. The predicted octanol–water partition coefficient (Wildman–Crippen LogP) is 5.20. The Morgan fingerprint density at radius 3 is 2.45 bits per heavy atom. The Labute approximate surface area is 120 Å². The maximum atomic E-state index is 14.0. The maximum absolute atomic E-state index is 14.0. The normalized spacial score (nSPS) is 17.3. The summed E-state index contributed by atoms with van der Waals surface area (Å²) in [6, 6.07) is 9.83. The van der Waals surface area contributed by atoms with Crippen LogP contribution in [0.25, 0.3) is 0 Å². The minimum absolute atomic E-state index is 0.0353. The van der Waals surface area contributed by atoms with Crippen molar-refractivity contribution in [1.82, 2.24) is 0 Å². The van der Waals surface area contributed by atoms with Gasteiger partial charge in [-0.25, -0.2) is 8.78 Å². The maximum Gasteiger partial charge on any atom is 0.251 e. The zero-order valence-electron chi connectivity index (χ0n) is 12.0. The highest BCUT2D eigenvalue weighted by Gasteiger charge is 2.38. The largest absolute Gasteiger partial charge is 0.377 e. The second-order valence-electron chi connectivity index (χ2n) is 5.74. The number of rotatable bonds is 7. The average molecular weight is 282 g/mol. The first-order valence-electron chi connectivity index (χ1n) is 7.68. The van der Waals surface area contributed by atoms with E-state index in [4.69, 9.17) is 4.74 Å². The summed E-state index contributed by atoms with van der Waals surface area (Å²) in [5.74, 6) is -2.90. The van der Waals surface area contributed by atoms with Crippen LogP contribution in [0.5, 0.6) is 0 Å². The topological polar surface area (TPSA) is 9.23 Å². The van der Waals surface area contributed by atoms with E-state index in [1.807, 2.05) is 30.3 Å². The lowest BCUT2D eigenvalue weighted by atomic mass is 9.83. The molecule has 1 aliphatic rings. The molecule has 112 valence electrons. The molecule has 0 spiro atoms. The van der Waals surface area contributed by atoms with Gasteiger partial charge in [-0.3, -0.25) is 0 Å². The summed E-state index contributed by atoms with van der Waals surface area (Å²) >= 11 is 0. The highest BCUT2D eigenvalue weighted by Crippen LogP contribution is 2.39. The van der Waals surface area contributed by atoms with Crippen LogP contribution in [0.2, 0.25) is 0 Å². The fourth-order valence-electron chi connectivity index (χ4n) is 2.90. The highest BCUT2D eigenvalue weighted by atomic mass is 19.3. The Bertz CT molecular complexity index is 372.